The monoisotopic (exact) mass is 304 g/mol. The van der Waals surface area contributed by atoms with E-state index >= 15 is 0 Å². The minimum absolute atomic E-state index is 0.399. The van der Waals surface area contributed by atoms with E-state index < -0.39 is 10.8 Å². The third-order valence-corrected chi connectivity index (χ3v) is 5.25. The number of rotatable bonds is 5. The summed E-state index contributed by atoms with van der Waals surface area (Å²) in [5.41, 5.74) is 4.10. The molecule has 3 rings (SSSR count). The number of H-pyrrole nitrogens is 1. The molecule has 2 N–H and O–H groups in total. The number of para-hydroxylation sites is 1. The van der Waals surface area contributed by atoms with E-state index in [0.717, 1.165) is 12.2 Å². The molecule has 114 valence electrons. The van der Waals surface area contributed by atoms with Crippen LogP contribution < -0.4 is 5.32 Å². The number of aromatic nitrogens is 1. The van der Waals surface area contributed by atoms with E-state index in [2.05, 4.69) is 41.5 Å². The van der Waals surface area contributed by atoms with Crippen molar-refractivity contribution in [2.24, 2.45) is 0 Å². The van der Waals surface area contributed by atoms with Gasteiger partial charge in [-0.25, -0.2) is 0 Å². The third-order valence-electron chi connectivity index (χ3n) is 4.44. The van der Waals surface area contributed by atoms with E-state index in [9.17, 15) is 4.21 Å². The number of hydrogen-bond acceptors (Lipinski definition) is 2. The molecule has 1 aromatic carbocycles. The van der Waals surface area contributed by atoms with E-state index in [1.807, 2.05) is 0 Å². The quantitative estimate of drug-likeness (QED) is 0.890. The van der Waals surface area contributed by atoms with Gasteiger partial charge in [0.25, 0.3) is 0 Å². The molecule has 21 heavy (non-hydrogen) atoms. The van der Waals surface area contributed by atoms with Crippen molar-refractivity contribution < 1.29 is 4.21 Å². The largest absolute Gasteiger partial charge is 0.357 e. The Morgan fingerprint density at radius 2 is 2.24 bits per heavy atom. The van der Waals surface area contributed by atoms with Crippen molar-refractivity contribution in [1.82, 2.24) is 10.3 Å². The summed E-state index contributed by atoms with van der Waals surface area (Å²) in [7, 11) is -0.698. The van der Waals surface area contributed by atoms with Crippen LogP contribution in [-0.4, -0.2) is 27.2 Å². The van der Waals surface area contributed by atoms with E-state index in [4.69, 9.17) is 0 Å². The van der Waals surface area contributed by atoms with Crippen molar-refractivity contribution in [2.75, 3.05) is 12.0 Å². The second-order valence-electron chi connectivity index (χ2n) is 6.14. The normalized spacial score (nSPS) is 21.1. The third kappa shape index (κ3) is 3.22. The molecular weight excluding hydrogens is 280 g/mol. The smallest absolute Gasteiger partial charge is 0.0478 e. The van der Waals surface area contributed by atoms with Crippen LogP contribution in [0.1, 0.15) is 43.5 Å². The fourth-order valence-electron chi connectivity index (χ4n) is 3.35. The standard InChI is InChI=1S/C17H24N2OS/c1-12(10-11-21(2)20)18-16-9-5-7-14-13-6-3-4-8-15(13)19-17(14)16/h3-4,6,8,12,16,18-19H,5,7,9-11H2,1-2H3. The summed E-state index contributed by atoms with van der Waals surface area (Å²) in [6, 6.07) is 9.39. The summed E-state index contributed by atoms with van der Waals surface area (Å²) >= 11 is 0. The summed E-state index contributed by atoms with van der Waals surface area (Å²) in [5.74, 6) is 0.778. The zero-order chi connectivity index (χ0) is 14.8. The Balaban J connectivity index is 1.79. The van der Waals surface area contributed by atoms with Gasteiger partial charge in [-0.15, -0.1) is 0 Å². The zero-order valence-corrected chi connectivity index (χ0v) is 13.6. The SMILES string of the molecule is CC(CCS(C)=O)NC1CCCc2c1[nH]c1ccccc21. The molecule has 0 fully saturated rings. The van der Waals surface area contributed by atoms with Gasteiger partial charge >= 0.3 is 0 Å². The average molecular weight is 304 g/mol. The molecule has 0 spiro atoms. The molecule has 0 radical (unpaired) electrons. The minimum atomic E-state index is -0.698. The van der Waals surface area contributed by atoms with Crippen LogP contribution in [0.3, 0.4) is 0 Å². The lowest BCUT2D eigenvalue weighted by Gasteiger charge is -2.27. The van der Waals surface area contributed by atoms with Crippen LogP contribution >= 0.6 is 0 Å². The van der Waals surface area contributed by atoms with Crippen molar-refractivity contribution in [3.8, 4) is 0 Å². The molecule has 1 aliphatic rings. The predicted octanol–water partition coefficient (Wildman–Crippen LogP) is 3.29. The van der Waals surface area contributed by atoms with Crippen molar-refractivity contribution in [3.63, 3.8) is 0 Å². The highest BCUT2D eigenvalue weighted by molar-refractivity contribution is 7.84. The van der Waals surface area contributed by atoms with Gasteiger partial charge in [0.05, 0.1) is 0 Å². The van der Waals surface area contributed by atoms with E-state index in [-0.39, 0.29) is 0 Å². The van der Waals surface area contributed by atoms with Gasteiger partial charge in [-0.1, -0.05) is 18.2 Å². The molecule has 3 atom stereocenters. The van der Waals surface area contributed by atoms with Crippen LogP contribution in [0.25, 0.3) is 10.9 Å². The Morgan fingerprint density at radius 3 is 3.05 bits per heavy atom. The minimum Gasteiger partial charge on any atom is -0.357 e. The lowest BCUT2D eigenvalue weighted by Crippen LogP contribution is -2.33. The first kappa shape index (κ1) is 14.8. The highest BCUT2D eigenvalue weighted by Gasteiger charge is 2.24. The van der Waals surface area contributed by atoms with Crippen molar-refractivity contribution in [1.29, 1.82) is 0 Å². The molecular formula is C17H24N2OS. The van der Waals surface area contributed by atoms with Gasteiger partial charge in [0.2, 0.25) is 0 Å². The Kier molecular flexibility index (Phi) is 4.45. The van der Waals surface area contributed by atoms with Crippen LogP contribution in [0.5, 0.6) is 0 Å². The molecule has 1 aliphatic carbocycles. The molecule has 3 unspecified atom stereocenters. The summed E-state index contributed by atoms with van der Waals surface area (Å²) in [6.07, 6.45) is 6.33. The number of aryl methyl sites for hydroxylation is 1. The summed E-state index contributed by atoms with van der Waals surface area (Å²) in [5, 5.41) is 5.10. The fourth-order valence-corrected chi connectivity index (χ4v) is 4.04. The molecule has 0 aliphatic heterocycles. The lowest BCUT2D eigenvalue weighted by molar-refractivity contribution is 0.398. The number of nitrogens with one attached hydrogen (secondary N) is 2. The van der Waals surface area contributed by atoms with Gasteiger partial charge in [0.1, 0.15) is 0 Å². The molecule has 2 aromatic rings. The van der Waals surface area contributed by atoms with Gasteiger partial charge in [0, 0.05) is 51.5 Å². The van der Waals surface area contributed by atoms with Crippen LogP contribution in [0.4, 0.5) is 0 Å². The van der Waals surface area contributed by atoms with Gasteiger partial charge in [-0.3, -0.25) is 4.21 Å². The Bertz CT molecular complexity index is 649. The summed E-state index contributed by atoms with van der Waals surface area (Å²) in [4.78, 5) is 3.61. The molecule has 1 aromatic heterocycles. The van der Waals surface area contributed by atoms with Gasteiger partial charge in [-0.2, -0.15) is 0 Å². The fraction of sp³-hybridized carbons (Fsp3) is 0.529. The molecule has 0 saturated heterocycles. The number of aromatic amines is 1. The first-order chi connectivity index (χ1) is 10.1. The Labute approximate surface area is 129 Å². The van der Waals surface area contributed by atoms with Crippen molar-refractivity contribution in [3.05, 3.63) is 35.5 Å². The Morgan fingerprint density at radius 1 is 1.43 bits per heavy atom. The first-order valence-electron chi connectivity index (χ1n) is 7.80. The highest BCUT2D eigenvalue weighted by Crippen LogP contribution is 2.34. The predicted molar refractivity (Wildman–Crippen MR) is 90.1 cm³/mol. The van der Waals surface area contributed by atoms with Gasteiger partial charge in [0.15, 0.2) is 0 Å². The molecule has 0 bridgehead atoms. The summed E-state index contributed by atoms with van der Waals surface area (Å²) in [6.45, 7) is 2.20. The van der Waals surface area contributed by atoms with E-state index in [0.29, 0.717) is 12.1 Å². The molecule has 0 amide bonds. The maximum Gasteiger partial charge on any atom is 0.0478 e. The van der Waals surface area contributed by atoms with Crippen LogP contribution in [-0.2, 0) is 17.2 Å². The highest BCUT2D eigenvalue weighted by atomic mass is 32.2. The molecule has 0 saturated carbocycles. The second-order valence-corrected chi connectivity index (χ2v) is 7.70. The maximum absolute atomic E-state index is 11.2. The van der Waals surface area contributed by atoms with E-state index in [1.165, 1.54) is 41.4 Å². The zero-order valence-electron chi connectivity index (χ0n) is 12.8. The summed E-state index contributed by atoms with van der Waals surface area (Å²) < 4.78 is 11.2. The number of benzene rings is 1. The van der Waals surface area contributed by atoms with Crippen LogP contribution in [0, 0.1) is 0 Å². The molecule has 1 heterocycles. The molecule has 3 nitrogen and oxygen atoms in total. The maximum atomic E-state index is 11.2. The lowest BCUT2D eigenvalue weighted by atomic mass is 9.91. The average Bonchev–Trinajstić information content (AvgIpc) is 2.85. The van der Waals surface area contributed by atoms with Crippen LogP contribution in [0.15, 0.2) is 24.3 Å². The van der Waals surface area contributed by atoms with Crippen molar-refractivity contribution in [2.45, 2.75) is 44.7 Å². The number of fused-ring (bicyclic) bond motifs is 3. The van der Waals surface area contributed by atoms with Crippen LogP contribution in [0.2, 0.25) is 0 Å². The Hall–Kier alpha value is -1.13. The second kappa shape index (κ2) is 6.32. The molecule has 4 heteroatoms. The first-order valence-corrected chi connectivity index (χ1v) is 9.53. The van der Waals surface area contributed by atoms with Gasteiger partial charge in [-0.05, 0) is 44.2 Å². The van der Waals surface area contributed by atoms with Crippen molar-refractivity contribution >= 4 is 21.7 Å². The van der Waals surface area contributed by atoms with E-state index in [1.54, 1.807) is 6.26 Å². The topological polar surface area (TPSA) is 44.9 Å². The number of hydrogen-bond donors (Lipinski definition) is 2. The van der Waals surface area contributed by atoms with Gasteiger partial charge < -0.3 is 10.3 Å².